The number of esters is 1. The van der Waals surface area contributed by atoms with Crippen LogP contribution in [0.5, 0.6) is 0 Å². The Balaban J connectivity index is 4.53. The van der Waals surface area contributed by atoms with Crippen molar-refractivity contribution >= 4 is 11.9 Å². The molecule has 0 aliphatic heterocycles. The standard InChI is InChI=1S/C11H22N2O3/c1-6(2)8(12)10(14)13-9(7(3)4)11(15)16-5/h6-9H,12H2,1-5H3,(H,13,14)/t8-,9+/m1/s1. The van der Waals surface area contributed by atoms with E-state index in [-0.39, 0.29) is 17.7 Å². The average molecular weight is 230 g/mol. The Morgan fingerprint density at radius 2 is 1.62 bits per heavy atom. The molecule has 5 nitrogen and oxygen atoms in total. The molecule has 0 rings (SSSR count). The van der Waals surface area contributed by atoms with Crippen LogP contribution in [0.15, 0.2) is 0 Å². The third-order valence-corrected chi connectivity index (χ3v) is 2.44. The van der Waals surface area contributed by atoms with Crippen LogP contribution in [0.3, 0.4) is 0 Å². The number of nitrogens with two attached hydrogens (primary N) is 1. The summed E-state index contributed by atoms with van der Waals surface area (Å²) in [4.78, 5) is 23.1. The van der Waals surface area contributed by atoms with Gasteiger partial charge in [0.25, 0.3) is 0 Å². The van der Waals surface area contributed by atoms with Crippen LogP contribution in [0.2, 0.25) is 0 Å². The predicted molar refractivity (Wildman–Crippen MR) is 61.6 cm³/mol. The molecule has 0 bridgehead atoms. The summed E-state index contributed by atoms with van der Waals surface area (Å²) in [5.41, 5.74) is 5.69. The first kappa shape index (κ1) is 14.9. The van der Waals surface area contributed by atoms with E-state index in [4.69, 9.17) is 5.73 Å². The molecule has 3 N–H and O–H groups in total. The van der Waals surface area contributed by atoms with Crippen molar-refractivity contribution in [2.45, 2.75) is 39.8 Å². The molecule has 2 atom stereocenters. The molecule has 5 heteroatoms. The maximum atomic E-state index is 11.7. The van der Waals surface area contributed by atoms with Crippen molar-refractivity contribution in [2.75, 3.05) is 7.11 Å². The van der Waals surface area contributed by atoms with E-state index in [9.17, 15) is 9.59 Å². The van der Waals surface area contributed by atoms with Gasteiger partial charge in [0.05, 0.1) is 13.2 Å². The van der Waals surface area contributed by atoms with Gasteiger partial charge in [-0.05, 0) is 11.8 Å². The first-order chi connectivity index (χ1) is 7.31. The second-order valence-electron chi connectivity index (χ2n) is 4.52. The van der Waals surface area contributed by atoms with E-state index in [2.05, 4.69) is 10.1 Å². The van der Waals surface area contributed by atoms with E-state index in [1.165, 1.54) is 7.11 Å². The van der Waals surface area contributed by atoms with Crippen molar-refractivity contribution in [3.8, 4) is 0 Å². The number of amides is 1. The third-order valence-electron chi connectivity index (χ3n) is 2.44. The van der Waals surface area contributed by atoms with Gasteiger partial charge in [0.2, 0.25) is 5.91 Å². The smallest absolute Gasteiger partial charge is 0.328 e. The van der Waals surface area contributed by atoms with Gasteiger partial charge in [-0.1, -0.05) is 27.7 Å². The molecule has 0 fully saturated rings. The van der Waals surface area contributed by atoms with Crippen LogP contribution >= 0.6 is 0 Å². The fourth-order valence-electron chi connectivity index (χ4n) is 1.18. The molecule has 16 heavy (non-hydrogen) atoms. The summed E-state index contributed by atoms with van der Waals surface area (Å²) in [6.07, 6.45) is 0. The van der Waals surface area contributed by atoms with Gasteiger partial charge >= 0.3 is 5.97 Å². The highest BCUT2D eigenvalue weighted by Crippen LogP contribution is 2.05. The summed E-state index contributed by atoms with van der Waals surface area (Å²) >= 11 is 0. The molecule has 0 saturated carbocycles. The molecule has 0 aliphatic carbocycles. The molecular formula is C11H22N2O3. The van der Waals surface area contributed by atoms with Gasteiger partial charge in [0.15, 0.2) is 0 Å². The molecule has 0 heterocycles. The number of methoxy groups -OCH3 is 1. The van der Waals surface area contributed by atoms with Gasteiger partial charge in [0, 0.05) is 0 Å². The quantitative estimate of drug-likeness (QED) is 0.665. The maximum Gasteiger partial charge on any atom is 0.328 e. The molecule has 0 saturated heterocycles. The fourth-order valence-corrected chi connectivity index (χ4v) is 1.18. The van der Waals surface area contributed by atoms with Crippen molar-refractivity contribution in [1.82, 2.24) is 5.32 Å². The monoisotopic (exact) mass is 230 g/mol. The Morgan fingerprint density at radius 1 is 1.12 bits per heavy atom. The zero-order chi connectivity index (χ0) is 12.9. The van der Waals surface area contributed by atoms with Gasteiger partial charge in [-0.25, -0.2) is 4.79 Å². The first-order valence-electron chi connectivity index (χ1n) is 5.45. The number of rotatable bonds is 5. The van der Waals surface area contributed by atoms with Gasteiger partial charge in [-0.3, -0.25) is 4.79 Å². The summed E-state index contributed by atoms with van der Waals surface area (Å²) in [6, 6.07) is -1.24. The Bertz CT molecular complexity index is 252. The van der Waals surface area contributed by atoms with Gasteiger partial charge in [-0.15, -0.1) is 0 Å². The van der Waals surface area contributed by atoms with E-state index in [0.717, 1.165) is 0 Å². The number of hydrogen-bond acceptors (Lipinski definition) is 4. The summed E-state index contributed by atoms with van der Waals surface area (Å²) in [5, 5.41) is 2.61. The molecule has 0 aromatic carbocycles. The normalized spacial score (nSPS) is 14.8. The molecule has 1 amide bonds. The Hall–Kier alpha value is -1.10. The second-order valence-corrected chi connectivity index (χ2v) is 4.52. The highest BCUT2D eigenvalue weighted by molar-refractivity contribution is 5.87. The van der Waals surface area contributed by atoms with E-state index >= 15 is 0 Å². The maximum absolute atomic E-state index is 11.7. The molecule has 0 spiro atoms. The highest BCUT2D eigenvalue weighted by Gasteiger charge is 2.27. The molecule has 0 unspecified atom stereocenters. The minimum Gasteiger partial charge on any atom is -0.467 e. The number of nitrogens with one attached hydrogen (secondary N) is 1. The molecule has 0 radical (unpaired) electrons. The van der Waals surface area contributed by atoms with E-state index in [1.807, 2.05) is 27.7 Å². The van der Waals surface area contributed by atoms with E-state index in [0.29, 0.717) is 0 Å². The molecule has 0 aromatic rings. The lowest BCUT2D eigenvalue weighted by Gasteiger charge is -2.23. The van der Waals surface area contributed by atoms with Gasteiger partial charge in [0.1, 0.15) is 6.04 Å². The summed E-state index contributed by atoms with van der Waals surface area (Å²) in [5.74, 6) is -0.764. The van der Waals surface area contributed by atoms with Crippen LogP contribution in [-0.2, 0) is 14.3 Å². The number of ether oxygens (including phenoxy) is 1. The third kappa shape index (κ3) is 4.18. The zero-order valence-electron chi connectivity index (χ0n) is 10.6. The minimum absolute atomic E-state index is 0.0317. The molecule has 0 aliphatic rings. The van der Waals surface area contributed by atoms with Crippen LogP contribution in [0.25, 0.3) is 0 Å². The van der Waals surface area contributed by atoms with Crippen molar-refractivity contribution in [3.63, 3.8) is 0 Å². The van der Waals surface area contributed by atoms with Gasteiger partial charge in [-0.2, -0.15) is 0 Å². The zero-order valence-corrected chi connectivity index (χ0v) is 10.6. The Kier molecular flexibility index (Phi) is 6.03. The summed E-state index contributed by atoms with van der Waals surface area (Å²) in [6.45, 7) is 7.38. The largest absolute Gasteiger partial charge is 0.467 e. The number of carbonyl (C=O) groups excluding carboxylic acids is 2. The molecule has 0 aromatic heterocycles. The number of carbonyl (C=O) groups is 2. The van der Waals surface area contributed by atoms with Crippen LogP contribution in [0, 0.1) is 11.8 Å². The Morgan fingerprint density at radius 3 is 1.94 bits per heavy atom. The summed E-state index contributed by atoms with van der Waals surface area (Å²) in [7, 11) is 1.30. The number of hydrogen-bond donors (Lipinski definition) is 2. The van der Waals surface area contributed by atoms with Crippen LogP contribution in [0.1, 0.15) is 27.7 Å². The molecular weight excluding hydrogens is 208 g/mol. The minimum atomic E-state index is -0.637. The van der Waals surface area contributed by atoms with Crippen molar-refractivity contribution in [3.05, 3.63) is 0 Å². The lowest BCUT2D eigenvalue weighted by Crippen LogP contribution is -2.52. The molecule has 94 valence electrons. The first-order valence-corrected chi connectivity index (χ1v) is 5.45. The van der Waals surface area contributed by atoms with Crippen LogP contribution < -0.4 is 11.1 Å². The van der Waals surface area contributed by atoms with Gasteiger partial charge < -0.3 is 15.8 Å². The highest BCUT2D eigenvalue weighted by atomic mass is 16.5. The topological polar surface area (TPSA) is 81.4 Å². The lowest BCUT2D eigenvalue weighted by atomic mass is 10.0. The Labute approximate surface area is 96.7 Å². The average Bonchev–Trinajstić information content (AvgIpc) is 2.22. The van der Waals surface area contributed by atoms with Crippen molar-refractivity contribution < 1.29 is 14.3 Å². The van der Waals surface area contributed by atoms with Crippen LogP contribution in [-0.4, -0.2) is 31.1 Å². The lowest BCUT2D eigenvalue weighted by molar-refractivity contribution is -0.146. The summed E-state index contributed by atoms with van der Waals surface area (Å²) < 4.78 is 4.62. The predicted octanol–water partition coefficient (Wildman–Crippen LogP) is 0.284. The van der Waals surface area contributed by atoms with Crippen LogP contribution in [0.4, 0.5) is 0 Å². The second kappa shape index (κ2) is 6.48. The SMILES string of the molecule is COC(=O)[C@@H](NC(=O)[C@H](N)C(C)C)C(C)C. The fraction of sp³-hybridized carbons (Fsp3) is 0.818. The van der Waals surface area contributed by atoms with Crippen molar-refractivity contribution in [1.29, 1.82) is 0 Å². The van der Waals surface area contributed by atoms with Crippen molar-refractivity contribution in [2.24, 2.45) is 17.6 Å². The van der Waals surface area contributed by atoms with E-state index < -0.39 is 18.1 Å². The van der Waals surface area contributed by atoms with E-state index in [1.54, 1.807) is 0 Å².